The quantitative estimate of drug-likeness (QED) is 0.520. The molecule has 2 heterocycles. The first-order valence-electron chi connectivity index (χ1n) is 6.14. The lowest BCUT2D eigenvalue weighted by molar-refractivity contribution is 0.562. The van der Waals surface area contributed by atoms with Gasteiger partial charge in [0.1, 0.15) is 28.3 Å². The molecule has 2 aromatic rings. The monoisotopic (exact) mass is 328 g/mol. The lowest BCUT2D eigenvalue weighted by atomic mass is 10.2. The normalized spacial score (nSPS) is 14.2. The average molecular weight is 329 g/mol. The van der Waals surface area contributed by atoms with Crippen LogP contribution >= 0.6 is 23.4 Å². The van der Waals surface area contributed by atoms with Gasteiger partial charge in [-0.2, -0.15) is 0 Å². The second-order valence-electron chi connectivity index (χ2n) is 4.39. The minimum absolute atomic E-state index is 0.146. The van der Waals surface area contributed by atoms with Crippen molar-refractivity contribution in [1.82, 2.24) is 15.3 Å². The van der Waals surface area contributed by atoms with Gasteiger partial charge in [-0.25, -0.2) is 18.7 Å². The van der Waals surface area contributed by atoms with Crippen LogP contribution in [-0.4, -0.2) is 22.9 Å². The van der Waals surface area contributed by atoms with Crippen LogP contribution in [-0.2, 0) is 6.54 Å². The number of halogens is 3. The first-order chi connectivity index (χ1) is 10.1. The van der Waals surface area contributed by atoms with E-state index in [1.54, 1.807) is 0 Å². The van der Waals surface area contributed by atoms with E-state index in [-0.39, 0.29) is 12.4 Å². The third-order valence-electron chi connectivity index (χ3n) is 3.13. The molecule has 0 saturated heterocycles. The lowest BCUT2D eigenvalue weighted by Gasteiger charge is -2.31. The summed E-state index contributed by atoms with van der Waals surface area (Å²) in [7, 11) is 0. The number of fused-ring (bicyclic) bond motifs is 1. The zero-order valence-corrected chi connectivity index (χ0v) is 12.6. The van der Waals surface area contributed by atoms with Crippen molar-refractivity contribution in [3.05, 3.63) is 40.6 Å². The topological polar surface area (TPSA) is 41.1 Å². The Balaban J connectivity index is 2.18. The van der Waals surface area contributed by atoms with E-state index < -0.39 is 11.6 Å². The fourth-order valence-electron chi connectivity index (χ4n) is 2.19. The van der Waals surface area contributed by atoms with Gasteiger partial charge in [0, 0.05) is 12.1 Å². The van der Waals surface area contributed by atoms with Crippen LogP contribution in [0.15, 0.2) is 23.4 Å². The molecule has 0 unspecified atom stereocenters. The van der Waals surface area contributed by atoms with Gasteiger partial charge in [0.25, 0.3) is 0 Å². The van der Waals surface area contributed by atoms with Crippen LogP contribution in [0.2, 0.25) is 5.15 Å². The van der Waals surface area contributed by atoms with E-state index in [4.69, 9.17) is 11.6 Å². The van der Waals surface area contributed by atoms with Crippen molar-refractivity contribution in [2.24, 2.45) is 0 Å². The first kappa shape index (κ1) is 14.5. The number of anilines is 2. The molecule has 1 aliphatic heterocycles. The van der Waals surface area contributed by atoms with E-state index >= 15 is 0 Å². The molecule has 1 aliphatic rings. The summed E-state index contributed by atoms with van der Waals surface area (Å²) < 4.78 is 28.0. The van der Waals surface area contributed by atoms with Crippen molar-refractivity contribution in [2.45, 2.75) is 11.7 Å². The van der Waals surface area contributed by atoms with E-state index in [1.165, 1.54) is 34.9 Å². The highest BCUT2D eigenvalue weighted by atomic mass is 35.5. The molecule has 0 spiro atoms. The highest BCUT2D eigenvalue weighted by Gasteiger charge is 2.27. The third kappa shape index (κ3) is 2.56. The number of benzene rings is 1. The summed E-state index contributed by atoms with van der Waals surface area (Å²) in [6, 6.07) is 3.75. The average Bonchev–Trinajstić information content (AvgIpc) is 2.47. The Bertz CT molecular complexity index is 678. The Morgan fingerprint density at radius 1 is 1.29 bits per heavy atom. The molecule has 0 aliphatic carbocycles. The van der Waals surface area contributed by atoms with Gasteiger partial charge < -0.3 is 4.90 Å². The summed E-state index contributed by atoms with van der Waals surface area (Å²) in [6.45, 7) is 0.696. The van der Waals surface area contributed by atoms with Crippen LogP contribution in [0.25, 0.3) is 0 Å². The molecular weight excluding hydrogens is 318 g/mol. The maximum atomic E-state index is 14.0. The van der Waals surface area contributed by atoms with Crippen LogP contribution in [0, 0.1) is 11.6 Å². The van der Waals surface area contributed by atoms with E-state index in [0.29, 0.717) is 28.2 Å². The predicted octanol–water partition coefficient (Wildman–Crippen LogP) is 3.33. The summed E-state index contributed by atoms with van der Waals surface area (Å²) in [6.07, 6.45) is 1.81. The Kier molecular flexibility index (Phi) is 3.97. The fourth-order valence-corrected chi connectivity index (χ4v) is 2.83. The van der Waals surface area contributed by atoms with E-state index in [2.05, 4.69) is 15.3 Å². The third-order valence-corrected chi connectivity index (χ3v) is 3.99. The lowest BCUT2D eigenvalue weighted by Crippen LogP contribution is -2.38. The molecule has 0 saturated carbocycles. The Morgan fingerprint density at radius 2 is 2.00 bits per heavy atom. The highest BCUT2D eigenvalue weighted by Crippen LogP contribution is 2.36. The molecule has 0 amide bonds. The summed E-state index contributed by atoms with van der Waals surface area (Å²) >= 11 is 7.46. The van der Waals surface area contributed by atoms with E-state index in [1.807, 2.05) is 6.26 Å². The summed E-state index contributed by atoms with van der Waals surface area (Å²) in [4.78, 5) is 9.93. The van der Waals surface area contributed by atoms with Crippen LogP contribution < -0.4 is 10.2 Å². The van der Waals surface area contributed by atoms with Crippen LogP contribution in [0.1, 0.15) is 5.56 Å². The molecular formula is C13H11ClF2N4S. The smallest absolute Gasteiger partial charge is 0.190 e. The second-order valence-corrected chi connectivity index (χ2v) is 5.52. The SMILES string of the molecule is CSc1nc(Cl)c2c(n1)N(c1c(F)cccc1F)CNC2. The van der Waals surface area contributed by atoms with Gasteiger partial charge in [-0.1, -0.05) is 29.4 Å². The van der Waals surface area contributed by atoms with Crippen molar-refractivity contribution in [1.29, 1.82) is 0 Å². The minimum atomic E-state index is -0.648. The fraction of sp³-hybridized carbons (Fsp3) is 0.231. The van der Waals surface area contributed by atoms with Crippen LogP contribution in [0.5, 0.6) is 0 Å². The number of hydrogen-bond donors (Lipinski definition) is 1. The summed E-state index contributed by atoms with van der Waals surface area (Å²) in [5.74, 6) is -0.864. The van der Waals surface area contributed by atoms with Crippen molar-refractivity contribution in [3.8, 4) is 0 Å². The standard InChI is InChI=1S/C13H11ClF2N4S/c1-21-13-18-11(14)7-5-17-6-20(12(7)19-13)10-8(15)3-2-4-9(10)16/h2-4,17H,5-6H2,1H3. The molecule has 0 atom stereocenters. The minimum Gasteiger partial charge on any atom is -0.307 e. The van der Waals surface area contributed by atoms with Gasteiger partial charge in [-0.3, -0.25) is 5.32 Å². The predicted molar refractivity (Wildman–Crippen MR) is 79.0 cm³/mol. The largest absolute Gasteiger partial charge is 0.307 e. The first-order valence-corrected chi connectivity index (χ1v) is 7.74. The number of para-hydroxylation sites is 1. The molecule has 0 bridgehead atoms. The molecule has 0 radical (unpaired) electrons. The van der Waals surface area contributed by atoms with E-state index in [0.717, 1.165) is 0 Å². The van der Waals surface area contributed by atoms with Crippen molar-refractivity contribution >= 4 is 34.9 Å². The van der Waals surface area contributed by atoms with Gasteiger partial charge in [0.15, 0.2) is 5.16 Å². The van der Waals surface area contributed by atoms with Gasteiger partial charge >= 0.3 is 0 Å². The number of aromatic nitrogens is 2. The Morgan fingerprint density at radius 3 is 2.67 bits per heavy atom. The van der Waals surface area contributed by atoms with Gasteiger partial charge in [0.2, 0.25) is 0 Å². The molecule has 1 aromatic heterocycles. The molecule has 21 heavy (non-hydrogen) atoms. The second kappa shape index (κ2) is 5.75. The van der Waals surface area contributed by atoms with Gasteiger partial charge in [-0.05, 0) is 18.4 Å². The maximum absolute atomic E-state index is 14.0. The van der Waals surface area contributed by atoms with E-state index in [9.17, 15) is 8.78 Å². The number of thioether (sulfide) groups is 1. The molecule has 110 valence electrons. The number of nitrogens with one attached hydrogen (secondary N) is 1. The number of hydrogen-bond acceptors (Lipinski definition) is 5. The van der Waals surface area contributed by atoms with Crippen molar-refractivity contribution in [3.63, 3.8) is 0 Å². The zero-order chi connectivity index (χ0) is 15.0. The van der Waals surface area contributed by atoms with Crippen LogP contribution in [0.3, 0.4) is 0 Å². The zero-order valence-electron chi connectivity index (χ0n) is 11.0. The number of nitrogens with zero attached hydrogens (tertiary/aromatic N) is 3. The highest BCUT2D eigenvalue weighted by molar-refractivity contribution is 7.98. The molecule has 1 aromatic carbocycles. The molecule has 1 N–H and O–H groups in total. The number of rotatable bonds is 2. The Labute approximate surface area is 129 Å². The van der Waals surface area contributed by atoms with Crippen molar-refractivity contribution < 1.29 is 8.78 Å². The molecule has 4 nitrogen and oxygen atoms in total. The van der Waals surface area contributed by atoms with Gasteiger partial charge in [0.05, 0.1) is 6.67 Å². The summed E-state index contributed by atoms with van der Waals surface area (Å²) in [5, 5.41) is 3.79. The maximum Gasteiger partial charge on any atom is 0.190 e. The molecule has 0 fully saturated rings. The molecule has 3 rings (SSSR count). The molecule has 8 heteroatoms. The summed E-state index contributed by atoms with van der Waals surface area (Å²) in [5.41, 5.74) is 0.483. The Hall–Kier alpha value is -1.44. The van der Waals surface area contributed by atoms with Gasteiger partial charge in [-0.15, -0.1) is 0 Å². The van der Waals surface area contributed by atoms with Crippen LogP contribution in [0.4, 0.5) is 20.3 Å². The van der Waals surface area contributed by atoms with Crippen molar-refractivity contribution in [2.75, 3.05) is 17.8 Å².